The van der Waals surface area contributed by atoms with Crippen molar-refractivity contribution in [3.05, 3.63) is 88.9 Å². The zero-order chi connectivity index (χ0) is 19.2. The second-order valence-corrected chi connectivity index (χ2v) is 6.17. The second-order valence-electron chi connectivity index (χ2n) is 5.76. The molecule has 0 saturated carbocycles. The van der Waals surface area contributed by atoms with Gasteiger partial charge in [0.2, 0.25) is 0 Å². The highest BCUT2D eigenvalue weighted by atomic mass is 35.5. The van der Waals surface area contributed by atoms with Gasteiger partial charge in [0.25, 0.3) is 0 Å². The molecule has 0 unspecified atom stereocenters. The van der Waals surface area contributed by atoms with E-state index < -0.39 is 12.1 Å². The van der Waals surface area contributed by atoms with Crippen molar-refractivity contribution in [2.75, 3.05) is 5.32 Å². The van der Waals surface area contributed by atoms with Crippen LogP contribution >= 0.6 is 11.6 Å². The van der Waals surface area contributed by atoms with Crippen LogP contribution in [0.25, 0.3) is 11.1 Å². The lowest BCUT2D eigenvalue weighted by Gasteiger charge is -2.09. The molecule has 3 rings (SSSR count). The molecule has 0 bridgehead atoms. The standard InChI is InChI=1S/C21H16ClNO4/c22-19-12-16(8-11-18(19)20(24)25)15-6-9-17(10-7-15)23-21(26)27-13-14-4-2-1-3-5-14/h1-12H,13H2,(H,23,26)(H,24,25). The Hall–Kier alpha value is -3.31. The maximum absolute atomic E-state index is 11.9. The minimum absolute atomic E-state index is 0.0554. The van der Waals surface area contributed by atoms with Crippen LogP contribution in [0.1, 0.15) is 15.9 Å². The average Bonchev–Trinajstić information content (AvgIpc) is 2.67. The number of carbonyl (C=O) groups excluding carboxylic acids is 1. The van der Waals surface area contributed by atoms with Crippen molar-refractivity contribution in [2.24, 2.45) is 0 Å². The van der Waals surface area contributed by atoms with E-state index in [1.54, 1.807) is 36.4 Å². The molecule has 2 N–H and O–H groups in total. The fraction of sp³-hybridized carbons (Fsp3) is 0.0476. The minimum atomic E-state index is -1.07. The second kappa shape index (κ2) is 8.38. The number of carbonyl (C=O) groups is 2. The first-order chi connectivity index (χ1) is 13.0. The summed E-state index contributed by atoms with van der Waals surface area (Å²) in [4.78, 5) is 22.9. The number of anilines is 1. The SMILES string of the molecule is O=C(Nc1ccc(-c2ccc(C(=O)O)c(Cl)c2)cc1)OCc1ccccc1. The number of halogens is 1. The number of amides is 1. The minimum Gasteiger partial charge on any atom is -0.478 e. The van der Waals surface area contributed by atoms with Gasteiger partial charge >= 0.3 is 12.1 Å². The highest BCUT2D eigenvalue weighted by Gasteiger charge is 2.10. The van der Waals surface area contributed by atoms with E-state index in [4.69, 9.17) is 21.4 Å². The molecular weight excluding hydrogens is 366 g/mol. The van der Waals surface area contributed by atoms with Crippen LogP contribution in [0.2, 0.25) is 5.02 Å². The summed E-state index contributed by atoms with van der Waals surface area (Å²) in [5.41, 5.74) is 3.18. The first kappa shape index (κ1) is 18.5. The van der Waals surface area contributed by atoms with Gasteiger partial charge in [0, 0.05) is 5.69 Å². The van der Waals surface area contributed by atoms with Gasteiger partial charge in [-0.15, -0.1) is 0 Å². The molecule has 3 aromatic rings. The highest BCUT2D eigenvalue weighted by Crippen LogP contribution is 2.26. The fourth-order valence-electron chi connectivity index (χ4n) is 2.49. The van der Waals surface area contributed by atoms with Crippen molar-refractivity contribution in [3.63, 3.8) is 0 Å². The normalized spacial score (nSPS) is 10.3. The molecule has 3 aromatic carbocycles. The van der Waals surface area contributed by atoms with E-state index in [2.05, 4.69) is 5.32 Å². The Morgan fingerprint density at radius 1 is 0.926 bits per heavy atom. The Morgan fingerprint density at radius 2 is 1.59 bits per heavy atom. The zero-order valence-electron chi connectivity index (χ0n) is 14.2. The lowest BCUT2D eigenvalue weighted by atomic mass is 10.0. The van der Waals surface area contributed by atoms with Gasteiger partial charge in [-0.2, -0.15) is 0 Å². The molecule has 136 valence electrons. The van der Waals surface area contributed by atoms with Gasteiger partial charge in [0.1, 0.15) is 6.61 Å². The van der Waals surface area contributed by atoms with Crippen LogP contribution in [-0.2, 0) is 11.3 Å². The summed E-state index contributed by atoms with van der Waals surface area (Å²) in [7, 11) is 0. The predicted molar refractivity (Wildman–Crippen MR) is 104 cm³/mol. The van der Waals surface area contributed by atoms with Crippen LogP contribution in [0.15, 0.2) is 72.8 Å². The number of nitrogens with one attached hydrogen (secondary N) is 1. The van der Waals surface area contributed by atoms with Crippen molar-refractivity contribution in [2.45, 2.75) is 6.61 Å². The molecule has 0 aliphatic heterocycles. The van der Waals surface area contributed by atoms with E-state index in [1.807, 2.05) is 30.3 Å². The van der Waals surface area contributed by atoms with E-state index in [9.17, 15) is 9.59 Å². The number of ether oxygens (including phenoxy) is 1. The molecule has 6 heteroatoms. The zero-order valence-corrected chi connectivity index (χ0v) is 14.9. The molecule has 1 amide bonds. The molecule has 0 saturated heterocycles. The van der Waals surface area contributed by atoms with Crippen molar-refractivity contribution in [1.29, 1.82) is 0 Å². The first-order valence-corrected chi connectivity index (χ1v) is 8.52. The highest BCUT2D eigenvalue weighted by molar-refractivity contribution is 6.33. The van der Waals surface area contributed by atoms with E-state index >= 15 is 0 Å². The molecule has 0 aliphatic carbocycles. The Morgan fingerprint density at radius 3 is 2.22 bits per heavy atom. The average molecular weight is 382 g/mol. The molecule has 0 atom stereocenters. The monoisotopic (exact) mass is 381 g/mol. The summed E-state index contributed by atoms with van der Waals surface area (Å²) in [6.45, 7) is 0.194. The van der Waals surface area contributed by atoms with Crippen molar-refractivity contribution >= 4 is 29.4 Å². The van der Waals surface area contributed by atoms with Gasteiger partial charge in [0.05, 0.1) is 10.6 Å². The Balaban J connectivity index is 1.62. The Labute approximate surface area is 161 Å². The third-order valence-electron chi connectivity index (χ3n) is 3.88. The summed E-state index contributed by atoms with van der Waals surface area (Å²) < 4.78 is 5.18. The lowest BCUT2D eigenvalue weighted by molar-refractivity contribution is 0.0697. The van der Waals surface area contributed by atoms with E-state index in [0.29, 0.717) is 5.69 Å². The summed E-state index contributed by atoms with van der Waals surface area (Å²) in [5, 5.41) is 11.9. The molecule has 27 heavy (non-hydrogen) atoms. The molecular formula is C21H16ClNO4. The largest absolute Gasteiger partial charge is 0.478 e. The van der Waals surface area contributed by atoms with Crippen molar-refractivity contribution in [3.8, 4) is 11.1 Å². The number of aromatic carboxylic acids is 1. The first-order valence-electron chi connectivity index (χ1n) is 8.14. The summed E-state index contributed by atoms with van der Waals surface area (Å²) in [6.07, 6.45) is -0.541. The molecule has 0 aromatic heterocycles. The summed E-state index contributed by atoms with van der Waals surface area (Å²) in [5.74, 6) is -1.07. The molecule has 0 fully saturated rings. The summed E-state index contributed by atoms with van der Waals surface area (Å²) in [6, 6.07) is 21.2. The van der Waals surface area contributed by atoms with Gasteiger partial charge in [-0.05, 0) is 41.0 Å². The van der Waals surface area contributed by atoms with E-state index in [0.717, 1.165) is 16.7 Å². The molecule has 0 radical (unpaired) electrons. The van der Waals surface area contributed by atoms with Crippen LogP contribution in [0.5, 0.6) is 0 Å². The number of carboxylic acids is 1. The van der Waals surface area contributed by atoms with Crippen LogP contribution in [-0.4, -0.2) is 17.2 Å². The van der Waals surface area contributed by atoms with Gasteiger partial charge in [-0.25, -0.2) is 9.59 Å². The van der Waals surface area contributed by atoms with Crippen LogP contribution < -0.4 is 5.32 Å². The maximum Gasteiger partial charge on any atom is 0.411 e. The van der Waals surface area contributed by atoms with Crippen LogP contribution in [0, 0.1) is 0 Å². The number of benzene rings is 3. The molecule has 5 nitrogen and oxygen atoms in total. The van der Waals surface area contributed by atoms with Gasteiger partial charge in [0.15, 0.2) is 0 Å². The van der Waals surface area contributed by atoms with Crippen molar-refractivity contribution in [1.82, 2.24) is 0 Å². The van der Waals surface area contributed by atoms with Crippen LogP contribution in [0.3, 0.4) is 0 Å². The van der Waals surface area contributed by atoms with Gasteiger partial charge in [-0.1, -0.05) is 60.1 Å². The molecule has 0 heterocycles. The maximum atomic E-state index is 11.9. The van der Waals surface area contributed by atoms with E-state index in [1.165, 1.54) is 6.07 Å². The quantitative estimate of drug-likeness (QED) is 0.615. The Kier molecular flexibility index (Phi) is 5.74. The number of hydrogen-bond donors (Lipinski definition) is 2. The predicted octanol–water partition coefficient (Wildman–Crippen LogP) is 5.45. The topological polar surface area (TPSA) is 75.6 Å². The molecule has 0 aliphatic rings. The summed E-state index contributed by atoms with van der Waals surface area (Å²) >= 11 is 6.01. The van der Waals surface area contributed by atoms with Gasteiger partial charge < -0.3 is 9.84 Å². The van der Waals surface area contributed by atoms with Gasteiger partial charge in [-0.3, -0.25) is 5.32 Å². The molecule has 0 spiro atoms. The fourth-order valence-corrected chi connectivity index (χ4v) is 2.75. The number of carboxylic acid groups (broad SMARTS) is 1. The lowest BCUT2D eigenvalue weighted by Crippen LogP contribution is -2.13. The number of hydrogen-bond acceptors (Lipinski definition) is 3. The van der Waals surface area contributed by atoms with E-state index in [-0.39, 0.29) is 17.2 Å². The number of rotatable bonds is 5. The van der Waals surface area contributed by atoms with Crippen molar-refractivity contribution < 1.29 is 19.4 Å². The smallest absolute Gasteiger partial charge is 0.411 e. The van der Waals surface area contributed by atoms with Crippen LogP contribution in [0.4, 0.5) is 10.5 Å². The third-order valence-corrected chi connectivity index (χ3v) is 4.19. The third kappa shape index (κ3) is 4.86. The Bertz CT molecular complexity index is 956.